The molecule has 0 atom stereocenters. The summed E-state index contributed by atoms with van der Waals surface area (Å²) in [6.45, 7) is 0. The van der Waals surface area contributed by atoms with Crippen molar-refractivity contribution in [3.05, 3.63) is 71.1 Å². The van der Waals surface area contributed by atoms with Crippen molar-refractivity contribution >= 4 is 26.6 Å². The molecule has 1 aromatic heterocycles. The Balaban J connectivity index is 0.00000225. The van der Waals surface area contributed by atoms with Gasteiger partial charge in [-0.25, -0.2) is 8.42 Å². The number of sulfonamides is 1. The van der Waals surface area contributed by atoms with Gasteiger partial charge in [-0.1, -0.05) is 30.3 Å². The Morgan fingerprint density at radius 3 is 2.36 bits per heavy atom. The standard InChI is InChI=1S/C16H10F3N2O2S.Zn/c17-16(18,19)12-6-2-7-13(10-12)24(22,23)21-14-8-1-4-11-5-3-9-20-15(11)14;/h1-10H;/q-1;. The van der Waals surface area contributed by atoms with E-state index in [1.807, 2.05) is 0 Å². The number of benzene rings is 2. The minimum Gasteiger partial charge on any atom is -0.571 e. The van der Waals surface area contributed by atoms with Crippen molar-refractivity contribution in [1.29, 1.82) is 0 Å². The van der Waals surface area contributed by atoms with E-state index >= 15 is 0 Å². The molecule has 0 saturated carbocycles. The number of para-hydroxylation sites is 1. The summed E-state index contributed by atoms with van der Waals surface area (Å²) in [5.41, 5.74) is -0.615. The Labute approximate surface area is 154 Å². The molecule has 3 aromatic rings. The molecule has 0 radical (unpaired) electrons. The van der Waals surface area contributed by atoms with Crippen molar-refractivity contribution in [3.63, 3.8) is 0 Å². The van der Waals surface area contributed by atoms with E-state index in [0.29, 0.717) is 17.0 Å². The zero-order valence-electron chi connectivity index (χ0n) is 12.7. The van der Waals surface area contributed by atoms with Crippen LogP contribution in [0, 0.1) is 0 Å². The smallest absolute Gasteiger partial charge is 0.416 e. The van der Waals surface area contributed by atoms with Gasteiger partial charge in [0.1, 0.15) is 10.0 Å². The minimum absolute atomic E-state index is 0. The van der Waals surface area contributed by atoms with Crippen molar-refractivity contribution in [2.24, 2.45) is 0 Å². The summed E-state index contributed by atoms with van der Waals surface area (Å²) in [6, 6.07) is 11.7. The van der Waals surface area contributed by atoms with Gasteiger partial charge < -0.3 is 4.72 Å². The van der Waals surface area contributed by atoms with Crippen LogP contribution in [-0.4, -0.2) is 13.4 Å². The van der Waals surface area contributed by atoms with Gasteiger partial charge in [-0.2, -0.15) is 13.2 Å². The molecular formula is C16H10F3N2O2SZn-. The van der Waals surface area contributed by atoms with Gasteiger partial charge in [0, 0.05) is 25.7 Å². The predicted molar refractivity (Wildman–Crippen MR) is 83.4 cm³/mol. The second kappa shape index (κ2) is 7.10. The van der Waals surface area contributed by atoms with Gasteiger partial charge in [0.25, 0.3) is 0 Å². The molecule has 126 valence electrons. The fraction of sp³-hybridized carbons (Fsp3) is 0.0625. The molecule has 25 heavy (non-hydrogen) atoms. The van der Waals surface area contributed by atoms with Crippen molar-refractivity contribution in [3.8, 4) is 0 Å². The second-order valence-corrected chi connectivity index (χ2v) is 6.55. The van der Waals surface area contributed by atoms with Gasteiger partial charge in [0.2, 0.25) is 0 Å². The Morgan fingerprint density at radius 2 is 1.64 bits per heavy atom. The summed E-state index contributed by atoms with van der Waals surface area (Å²) < 4.78 is 66.6. The maximum atomic E-state index is 12.8. The van der Waals surface area contributed by atoms with E-state index < -0.39 is 26.7 Å². The van der Waals surface area contributed by atoms with E-state index in [1.165, 1.54) is 12.3 Å². The summed E-state index contributed by atoms with van der Waals surface area (Å²) in [4.78, 5) is 3.55. The van der Waals surface area contributed by atoms with Crippen molar-refractivity contribution in [2.75, 3.05) is 0 Å². The van der Waals surface area contributed by atoms with Crippen LogP contribution in [0.4, 0.5) is 18.9 Å². The number of rotatable bonds is 3. The molecular weight excluding hydrogens is 407 g/mol. The monoisotopic (exact) mass is 415 g/mol. The fourth-order valence-electron chi connectivity index (χ4n) is 2.18. The van der Waals surface area contributed by atoms with E-state index in [9.17, 15) is 21.6 Å². The number of fused-ring (bicyclic) bond motifs is 1. The third kappa shape index (κ3) is 4.16. The molecule has 0 unspecified atom stereocenters. The number of pyridine rings is 1. The summed E-state index contributed by atoms with van der Waals surface area (Å²) in [7, 11) is -4.30. The van der Waals surface area contributed by atoms with Crippen LogP contribution in [0.5, 0.6) is 0 Å². The maximum Gasteiger partial charge on any atom is 0.416 e. The summed E-state index contributed by atoms with van der Waals surface area (Å²) in [5.74, 6) is 0. The number of halogens is 3. The molecule has 0 spiro atoms. The van der Waals surface area contributed by atoms with E-state index in [0.717, 1.165) is 18.2 Å². The Bertz CT molecular complexity index is 1000. The molecule has 0 aliphatic rings. The molecule has 0 aliphatic carbocycles. The van der Waals surface area contributed by atoms with Gasteiger partial charge in [0.15, 0.2) is 0 Å². The van der Waals surface area contributed by atoms with Gasteiger partial charge >= 0.3 is 6.18 Å². The molecule has 4 nitrogen and oxygen atoms in total. The first kappa shape index (κ1) is 19.3. The van der Waals surface area contributed by atoms with E-state index in [1.54, 1.807) is 24.3 Å². The minimum atomic E-state index is -4.63. The van der Waals surface area contributed by atoms with E-state index in [2.05, 4.69) is 9.71 Å². The van der Waals surface area contributed by atoms with Crippen molar-refractivity contribution < 1.29 is 41.1 Å². The topological polar surface area (TPSA) is 61.1 Å². The van der Waals surface area contributed by atoms with Gasteiger partial charge in [0.05, 0.1) is 16.0 Å². The molecule has 0 amide bonds. The molecule has 2 aromatic carbocycles. The molecule has 0 saturated heterocycles. The third-order valence-corrected chi connectivity index (χ3v) is 4.58. The number of hydrogen-bond acceptors (Lipinski definition) is 3. The molecule has 9 heteroatoms. The van der Waals surface area contributed by atoms with Crippen LogP contribution >= 0.6 is 0 Å². The average molecular weight is 417 g/mol. The van der Waals surface area contributed by atoms with Crippen LogP contribution in [0.25, 0.3) is 15.6 Å². The SMILES string of the molecule is O=S(=O)([N-]c1cccc2cccnc12)c1cccc(C(F)(F)F)c1.[Zn]. The quantitative estimate of drug-likeness (QED) is 0.584. The zero-order valence-corrected chi connectivity index (χ0v) is 16.5. The molecule has 0 aliphatic heterocycles. The van der Waals surface area contributed by atoms with Gasteiger partial charge in [-0.15, -0.1) is 5.69 Å². The normalized spacial score (nSPS) is 11.8. The molecule has 0 fully saturated rings. The maximum absolute atomic E-state index is 12.8. The van der Waals surface area contributed by atoms with Crippen LogP contribution in [0.1, 0.15) is 5.56 Å². The summed E-state index contributed by atoms with van der Waals surface area (Å²) in [6.07, 6.45) is -3.15. The van der Waals surface area contributed by atoms with Gasteiger partial charge in [-0.05, 0) is 29.7 Å². The third-order valence-electron chi connectivity index (χ3n) is 3.29. The van der Waals surface area contributed by atoms with E-state index in [-0.39, 0.29) is 25.2 Å². The van der Waals surface area contributed by atoms with Crippen LogP contribution < -0.4 is 0 Å². The molecule has 3 rings (SSSR count). The first-order valence-electron chi connectivity index (χ1n) is 6.76. The number of nitrogens with zero attached hydrogens (tertiary/aromatic N) is 2. The number of alkyl halides is 3. The van der Waals surface area contributed by atoms with Crippen molar-refractivity contribution in [2.45, 2.75) is 11.1 Å². The van der Waals surface area contributed by atoms with Crippen molar-refractivity contribution in [1.82, 2.24) is 4.98 Å². The summed E-state index contributed by atoms with van der Waals surface area (Å²) in [5, 5.41) is 0.679. The number of hydrogen-bond donors (Lipinski definition) is 0. The molecule has 0 N–H and O–H groups in total. The van der Waals surface area contributed by atoms with Crippen LogP contribution in [0.15, 0.2) is 65.7 Å². The Hall–Kier alpha value is -1.99. The molecule has 0 bridgehead atoms. The second-order valence-electron chi connectivity index (χ2n) is 4.94. The number of aromatic nitrogens is 1. The van der Waals surface area contributed by atoms with Crippen LogP contribution in [0.3, 0.4) is 0 Å². The Morgan fingerprint density at radius 1 is 0.960 bits per heavy atom. The first-order valence-corrected chi connectivity index (χ1v) is 8.20. The fourth-order valence-corrected chi connectivity index (χ4v) is 3.21. The van der Waals surface area contributed by atoms with Crippen LogP contribution in [0.2, 0.25) is 0 Å². The zero-order chi connectivity index (χ0) is 17.4. The van der Waals surface area contributed by atoms with Gasteiger partial charge in [-0.3, -0.25) is 4.98 Å². The predicted octanol–water partition coefficient (Wildman–Crippen LogP) is 4.65. The average Bonchev–Trinajstić information content (AvgIpc) is 2.54. The summed E-state index contributed by atoms with van der Waals surface area (Å²) >= 11 is 0. The van der Waals surface area contributed by atoms with E-state index in [4.69, 9.17) is 0 Å². The Kier molecular flexibility index (Phi) is 5.49. The van der Waals surface area contributed by atoms with Crippen LogP contribution in [-0.2, 0) is 35.7 Å². The molecule has 1 heterocycles. The largest absolute Gasteiger partial charge is 0.571 e. The first-order chi connectivity index (χ1) is 11.3.